The quantitative estimate of drug-likeness (QED) is 0.527. The molecule has 8 nitrogen and oxygen atoms in total. The Morgan fingerprint density at radius 1 is 1.44 bits per heavy atom. The van der Waals surface area contributed by atoms with Crippen molar-refractivity contribution in [3.8, 4) is 0 Å². The van der Waals surface area contributed by atoms with E-state index in [0.29, 0.717) is 5.69 Å². The number of rotatable bonds is 4. The summed E-state index contributed by atoms with van der Waals surface area (Å²) in [4.78, 5) is 3.80. The van der Waals surface area contributed by atoms with Crippen LogP contribution in [-0.4, -0.2) is 23.2 Å². The number of aromatic nitrogens is 3. The molecule has 2 aromatic rings. The van der Waals surface area contributed by atoms with Crippen LogP contribution in [-0.2, 0) is 17.1 Å². The van der Waals surface area contributed by atoms with E-state index in [9.17, 15) is 8.42 Å². The van der Waals surface area contributed by atoms with Crippen molar-refractivity contribution in [1.82, 2.24) is 14.8 Å². The highest BCUT2D eigenvalue weighted by atomic mass is 32.2. The molecule has 0 saturated carbocycles. The second-order valence-corrected chi connectivity index (χ2v) is 5.15. The van der Waals surface area contributed by atoms with Gasteiger partial charge < -0.3 is 5.43 Å². The lowest BCUT2D eigenvalue weighted by Gasteiger charge is -2.09. The van der Waals surface area contributed by atoms with E-state index < -0.39 is 10.0 Å². The first kappa shape index (κ1) is 12.3. The highest BCUT2D eigenvalue weighted by Crippen LogP contribution is 2.20. The normalized spacial score (nSPS) is 11.2. The van der Waals surface area contributed by atoms with Crippen LogP contribution in [0.2, 0.25) is 0 Å². The first-order valence-electron chi connectivity index (χ1n) is 4.96. The summed E-state index contributed by atoms with van der Waals surface area (Å²) in [5.74, 6) is 5.30. The Morgan fingerprint density at radius 2 is 2.22 bits per heavy atom. The lowest BCUT2D eigenvalue weighted by atomic mass is 10.5. The maximum atomic E-state index is 12.1. The van der Waals surface area contributed by atoms with Crippen molar-refractivity contribution in [3.05, 3.63) is 30.7 Å². The number of anilines is 2. The molecule has 4 N–H and O–H groups in total. The number of hydrazine groups is 1. The second kappa shape index (κ2) is 4.63. The summed E-state index contributed by atoms with van der Waals surface area (Å²) >= 11 is 0. The Labute approximate surface area is 104 Å². The van der Waals surface area contributed by atoms with E-state index in [-0.39, 0.29) is 10.7 Å². The van der Waals surface area contributed by atoms with Gasteiger partial charge in [0.15, 0.2) is 5.82 Å². The fourth-order valence-corrected chi connectivity index (χ4v) is 2.55. The van der Waals surface area contributed by atoms with Crippen LogP contribution < -0.4 is 16.0 Å². The van der Waals surface area contributed by atoms with E-state index in [1.54, 1.807) is 13.2 Å². The molecule has 0 saturated heterocycles. The van der Waals surface area contributed by atoms with Crippen LogP contribution in [0.15, 0.2) is 35.6 Å². The number of nitrogens with zero attached hydrogens (tertiary/aromatic N) is 3. The summed E-state index contributed by atoms with van der Waals surface area (Å²) in [5, 5.41) is 3.87. The van der Waals surface area contributed by atoms with Gasteiger partial charge in [0.2, 0.25) is 0 Å². The smallest absolute Gasteiger partial charge is 0.265 e. The molecule has 0 fully saturated rings. The molecule has 0 radical (unpaired) electrons. The van der Waals surface area contributed by atoms with Crippen molar-refractivity contribution < 1.29 is 8.42 Å². The van der Waals surface area contributed by atoms with Gasteiger partial charge in [0.05, 0.1) is 11.9 Å². The first-order chi connectivity index (χ1) is 8.53. The molecule has 0 amide bonds. The van der Waals surface area contributed by atoms with E-state index in [2.05, 4.69) is 20.2 Å². The molecule has 18 heavy (non-hydrogen) atoms. The predicted octanol–water partition coefficient (Wildman–Crippen LogP) is -0.0985. The SMILES string of the molecule is Cn1cc(NS(=O)(=O)c2cccnc2NN)cn1. The summed E-state index contributed by atoms with van der Waals surface area (Å²) in [6.45, 7) is 0. The minimum absolute atomic E-state index is 0.0312. The average molecular weight is 268 g/mol. The van der Waals surface area contributed by atoms with Crippen LogP contribution in [0.3, 0.4) is 0 Å². The van der Waals surface area contributed by atoms with Crippen molar-refractivity contribution >= 4 is 21.5 Å². The van der Waals surface area contributed by atoms with Crippen molar-refractivity contribution in [2.24, 2.45) is 12.9 Å². The Balaban J connectivity index is 2.36. The third kappa shape index (κ3) is 2.41. The minimum atomic E-state index is -3.75. The van der Waals surface area contributed by atoms with Crippen molar-refractivity contribution in [2.75, 3.05) is 10.1 Å². The number of hydrogen-bond donors (Lipinski definition) is 3. The Kier molecular flexibility index (Phi) is 3.17. The van der Waals surface area contributed by atoms with Crippen LogP contribution in [0.1, 0.15) is 0 Å². The van der Waals surface area contributed by atoms with Gasteiger partial charge in [-0.2, -0.15) is 5.10 Å². The van der Waals surface area contributed by atoms with Gasteiger partial charge in [0, 0.05) is 19.4 Å². The van der Waals surface area contributed by atoms with Crippen LogP contribution in [0.4, 0.5) is 11.5 Å². The number of nitrogen functional groups attached to an aromatic ring is 1. The van der Waals surface area contributed by atoms with E-state index in [1.807, 2.05) is 0 Å². The van der Waals surface area contributed by atoms with Gasteiger partial charge in [0.1, 0.15) is 4.90 Å². The topological polar surface area (TPSA) is 115 Å². The molecule has 2 heterocycles. The van der Waals surface area contributed by atoms with Gasteiger partial charge in [-0.15, -0.1) is 0 Å². The number of nitrogens with one attached hydrogen (secondary N) is 2. The molecule has 0 unspecified atom stereocenters. The molecule has 0 aliphatic heterocycles. The molecule has 0 atom stereocenters. The highest BCUT2D eigenvalue weighted by molar-refractivity contribution is 7.92. The Morgan fingerprint density at radius 3 is 2.83 bits per heavy atom. The largest absolute Gasteiger partial charge is 0.307 e. The third-order valence-corrected chi connectivity index (χ3v) is 3.57. The van der Waals surface area contributed by atoms with Crippen molar-refractivity contribution in [1.29, 1.82) is 0 Å². The number of nitrogens with two attached hydrogens (primary N) is 1. The highest BCUT2D eigenvalue weighted by Gasteiger charge is 2.19. The number of sulfonamides is 1. The zero-order chi connectivity index (χ0) is 13.2. The van der Waals surface area contributed by atoms with Gasteiger partial charge in [-0.1, -0.05) is 0 Å². The van der Waals surface area contributed by atoms with Gasteiger partial charge in [-0.25, -0.2) is 19.2 Å². The first-order valence-corrected chi connectivity index (χ1v) is 6.44. The number of aryl methyl sites for hydroxylation is 1. The molecule has 0 aliphatic rings. The molecule has 96 valence electrons. The predicted molar refractivity (Wildman–Crippen MR) is 66.1 cm³/mol. The van der Waals surface area contributed by atoms with Gasteiger partial charge in [0.25, 0.3) is 10.0 Å². The summed E-state index contributed by atoms with van der Waals surface area (Å²) in [6.07, 6.45) is 4.39. The Hall–Kier alpha value is -2.13. The molecule has 9 heteroatoms. The second-order valence-electron chi connectivity index (χ2n) is 3.50. The molecular formula is C9H12N6O2S. The van der Waals surface area contributed by atoms with Crippen LogP contribution >= 0.6 is 0 Å². The number of pyridine rings is 1. The molecule has 2 rings (SSSR count). The van der Waals surface area contributed by atoms with Crippen LogP contribution in [0, 0.1) is 0 Å². The lowest BCUT2D eigenvalue weighted by Crippen LogP contribution is -2.18. The maximum absolute atomic E-state index is 12.1. The molecule has 0 bridgehead atoms. The molecule has 0 aliphatic carbocycles. The van der Waals surface area contributed by atoms with E-state index in [0.717, 1.165) is 0 Å². The monoisotopic (exact) mass is 268 g/mol. The summed E-state index contributed by atoms with van der Waals surface area (Å²) in [6, 6.07) is 2.92. The molecule has 2 aromatic heterocycles. The lowest BCUT2D eigenvalue weighted by molar-refractivity contribution is 0.601. The zero-order valence-electron chi connectivity index (χ0n) is 9.53. The fraction of sp³-hybridized carbons (Fsp3) is 0.111. The van der Waals surface area contributed by atoms with Crippen molar-refractivity contribution in [3.63, 3.8) is 0 Å². The number of hydrogen-bond acceptors (Lipinski definition) is 6. The van der Waals surface area contributed by atoms with Crippen LogP contribution in [0.5, 0.6) is 0 Å². The molecule has 0 spiro atoms. The summed E-state index contributed by atoms with van der Waals surface area (Å²) in [5.41, 5.74) is 2.61. The fourth-order valence-electron chi connectivity index (χ4n) is 1.40. The summed E-state index contributed by atoms with van der Waals surface area (Å²) in [7, 11) is -2.06. The summed E-state index contributed by atoms with van der Waals surface area (Å²) < 4.78 is 28.1. The zero-order valence-corrected chi connectivity index (χ0v) is 10.3. The van der Waals surface area contributed by atoms with E-state index >= 15 is 0 Å². The minimum Gasteiger partial charge on any atom is -0.307 e. The van der Waals surface area contributed by atoms with Gasteiger partial charge >= 0.3 is 0 Å². The van der Waals surface area contributed by atoms with Gasteiger partial charge in [-0.3, -0.25) is 9.40 Å². The Bertz CT molecular complexity index is 651. The molecular weight excluding hydrogens is 256 g/mol. The molecule has 0 aromatic carbocycles. The average Bonchev–Trinajstić information content (AvgIpc) is 2.74. The van der Waals surface area contributed by atoms with E-state index in [1.165, 1.54) is 29.2 Å². The standard InChI is InChI=1S/C9H12N6O2S/c1-15-6-7(5-12-15)14-18(16,17)8-3-2-4-11-9(8)13-10/h2-6,14H,10H2,1H3,(H,11,13). The third-order valence-electron chi connectivity index (χ3n) is 2.15. The van der Waals surface area contributed by atoms with Gasteiger partial charge in [-0.05, 0) is 12.1 Å². The van der Waals surface area contributed by atoms with E-state index in [4.69, 9.17) is 5.84 Å². The van der Waals surface area contributed by atoms with Crippen LogP contribution in [0.25, 0.3) is 0 Å². The maximum Gasteiger partial charge on any atom is 0.265 e. The van der Waals surface area contributed by atoms with Crippen molar-refractivity contribution in [2.45, 2.75) is 4.90 Å².